The second kappa shape index (κ2) is 9.39. The van der Waals surface area contributed by atoms with Crippen molar-refractivity contribution in [2.24, 2.45) is 0 Å². The van der Waals surface area contributed by atoms with Gasteiger partial charge in [0.2, 0.25) is 0 Å². The molecule has 1 N–H and O–H groups in total. The standard InChI is InChI=1S/C23H26N2O4/c1-4-29-20-8-9-21-18(14-20)13-19(22(26)24-21)15-25(10-11-28-3)23(27)17-7-5-6-16(2)12-17/h5-9,12-14H,4,10-11,15H2,1-3H3,(H,24,26). The maximum atomic E-state index is 13.1. The third-order valence-corrected chi connectivity index (χ3v) is 4.68. The zero-order valence-corrected chi connectivity index (χ0v) is 17.0. The normalized spacial score (nSPS) is 10.9. The molecule has 0 saturated carbocycles. The highest BCUT2D eigenvalue weighted by Gasteiger charge is 2.18. The molecular formula is C23H26N2O4. The van der Waals surface area contributed by atoms with Gasteiger partial charge in [0.15, 0.2) is 0 Å². The minimum Gasteiger partial charge on any atom is -0.494 e. The van der Waals surface area contributed by atoms with Crippen molar-refractivity contribution in [1.82, 2.24) is 9.88 Å². The average Bonchev–Trinajstić information content (AvgIpc) is 2.71. The van der Waals surface area contributed by atoms with Crippen molar-refractivity contribution in [3.05, 3.63) is 75.6 Å². The summed E-state index contributed by atoms with van der Waals surface area (Å²) in [6.07, 6.45) is 0. The molecule has 152 valence electrons. The number of ether oxygens (including phenoxy) is 2. The lowest BCUT2D eigenvalue weighted by Crippen LogP contribution is -2.35. The average molecular weight is 394 g/mol. The first-order valence-corrected chi connectivity index (χ1v) is 9.65. The number of carbonyl (C=O) groups is 1. The van der Waals surface area contributed by atoms with E-state index in [0.717, 1.165) is 22.2 Å². The van der Waals surface area contributed by atoms with Gasteiger partial charge in [-0.1, -0.05) is 17.7 Å². The van der Waals surface area contributed by atoms with E-state index in [2.05, 4.69) is 4.98 Å². The molecule has 0 aliphatic rings. The first-order valence-electron chi connectivity index (χ1n) is 9.65. The number of nitrogens with one attached hydrogen (secondary N) is 1. The minimum absolute atomic E-state index is 0.131. The summed E-state index contributed by atoms with van der Waals surface area (Å²) in [6, 6.07) is 14.8. The summed E-state index contributed by atoms with van der Waals surface area (Å²) in [5.74, 6) is 0.610. The van der Waals surface area contributed by atoms with Gasteiger partial charge in [-0.25, -0.2) is 0 Å². The van der Waals surface area contributed by atoms with Crippen LogP contribution in [0.1, 0.15) is 28.4 Å². The number of carbonyl (C=O) groups excluding carboxylic acids is 1. The molecule has 6 heteroatoms. The Morgan fingerprint density at radius 3 is 2.69 bits per heavy atom. The molecule has 0 bridgehead atoms. The molecule has 2 aromatic carbocycles. The molecule has 1 aromatic heterocycles. The molecule has 3 aromatic rings. The van der Waals surface area contributed by atoms with E-state index in [1.807, 2.05) is 56.3 Å². The number of methoxy groups -OCH3 is 1. The van der Waals surface area contributed by atoms with Gasteiger partial charge >= 0.3 is 0 Å². The summed E-state index contributed by atoms with van der Waals surface area (Å²) in [5.41, 5.74) is 2.64. The second-order valence-corrected chi connectivity index (χ2v) is 6.89. The van der Waals surface area contributed by atoms with Gasteiger partial charge in [0, 0.05) is 35.7 Å². The number of rotatable bonds is 8. The summed E-state index contributed by atoms with van der Waals surface area (Å²) in [5, 5.41) is 0.861. The van der Waals surface area contributed by atoms with Gasteiger partial charge in [0.1, 0.15) is 5.75 Å². The molecule has 0 radical (unpaired) electrons. The van der Waals surface area contributed by atoms with Crippen LogP contribution in [0.2, 0.25) is 0 Å². The Labute approximate surface area is 170 Å². The number of pyridine rings is 1. The quantitative estimate of drug-likeness (QED) is 0.635. The molecule has 0 atom stereocenters. The van der Waals surface area contributed by atoms with Crippen LogP contribution in [0.15, 0.2) is 53.3 Å². The lowest BCUT2D eigenvalue weighted by Gasteiger charge is -2.22. The highest BCUT2D eigenvalue weighted by Crippen LogP contribution is 2.20. The van der Waals surface area contributed by atoms with Crippen molar-refractivity contribution in [2.75, 3.05) is 26.9 Å². The van der Waals surface area contributed by atoms with Crippen molar-refractivity contribution in [3.63, 3.8) is 0 Å². The first-order chi connectivity index (χ1) is 14.0. The molecule has 0 aliphatic carbocycles. The van der Waals surface area contributed by atoms with E-state index in [4.69, 9.17) is 9.47 Å². The fourth-order valence-corrected chi connectivity index (χ4v) is 3.22. The minimum atomic E-state index is -0.207. The predicted octanol–water partition coefficient (Wildman–Crippen LogP) is 3.52. The zero-order valence-electron chi connectivity index (χ0n) is 17.0. The summed E-state index contributed by atoms with van der Waals surface area (Å²) in [7, 11) is 1.59. The van der Waals surface area contributed by atoms with E-state index in [9.17, 15) is 9.59 Å². The van der Waals surface area contributed by atoms with Crippen LogP contribution in [-0.2, 0) is 11.3 Å². The third kappa shape index (κ3) is 5.03. The van der Waals surface area contributed by atoms with Gasteiger partial charge in [-0.15, -0.1) is 0 Å². The first kappa shape index (κ1) is 20.6. The van der Waals surface area contributed by atoms with E-state index in [1.165, 1.54) is 0 Å². The van der Waals surface area contributed by atoms with Gasteiger partial charge in [-0.2, -0.15) is 0 Å². The van der Waals surface area contributed by atoms with Crippen LogP contribution in [0.25, 0.3) is 10.9 Å². The van der Waals surface area contributed by atoms with E-state index < -0.39 is 0 Å². The maximum absolute atomic E-state index is 13.1. The zero-order chi connectivity index (χ0) is 20.8. The van der Waals surface area contributed by atoms with Crippen molar-refractivity contribution in [2.45, 2.75) is 20.4 Å². The van der Waals surface area contributed by atoms with E-state index in [-0.39, 0.29) is 18.0 Å². The molecule has 1 amide bonds. The molecular weight excluding hydrogens is 368 g/mol. The summed E-state index contributed by atoms with van der Waals surface area (Å²) >= 11 is 0. The van der Waals surface area contributed by atoms with E-state index in [0.29, 0.717) is 30.9 Å². The lowest BCUT2D eigenvalue weighted by molar-refractivity contribution is 0.0679. The molecule has 1 heterocycles. The molecule has 3 rings (SSSR count). The third-order valence-electron chi connectivity index (χ3n) is 4.68. The van der Waals surface area contributed by atoms with Crippen LogP contribution in [0, 0.1) is 6.92 Å². The van der Waals surface area contributed by atoms with Gasteiger partial charge in [-0.05, 0) is 50.2 Å². The number of hydrogen-bond acceptors (Lipinski definition) is 4. The van der Waals surface area contributed by atoms with Crippen LogP contribution in [0.3, 0.4) is 0 Å². The predicted molar refractivity (Wildman–Crippen MR) is 114 cm³/mol. The second-order valence-electron chi connectivity index (χ2n) is 6.89. The van der Waals surface area contributed by atoms with Gasteiger partial charge in [0.25, 0.3) is 11.5 Å². The maximum Gasteiger partial charge on any atom is 0.254 e. The Morgan fingerprint density at radius 1 is 1.14 bits per heavy atom. The number of fused-ring (bicyclic) bond motifs is 1. The van der Waals surface area contributed by atoms with Gasteiger partial charge in [-0.3, -0.25) is 9.59 Å². The van der Waals surface area contributed by atoms with E-state index in [1.54, 1.807) is 18.1 Å². The Balaban J connectivity index is 1.93. The summed E-state index contributed by atoms with van der Waals surface area (Å²) < 4.78 is 10.7. The SMILES string of the molecule is CCOc1ccc2[nH]c(=O)c(CN(CCOC)C(=O)c3cccc(C)c3)cc2c1. The number of aryl methyl sites for hydroxylation is 1. The number of nitrogens with zero attached hydrogens (tertiary/aromatic N) is 1. The largest absolute Gasteiger partial charge is 0.494 e. The lowest BCUT2D eigenvalue weighted by atomic mass is 10.1. The molecule has 0 aliphatic heterocycles. The van der Waals surface area contributed by atoms with E-state index >= 15 is 0 Å². The van der Waals surface area contributed by atoms with Crippen LogP contribution in [-0.4, -0.2) is 42.7 Å². The Bertz CT molecular complexity index is 1060. The highest BCUT2D eigenvalue weighted by molar-refractivity contribution is 5.94. The number of H-pyrrole nitrogens is 1. The van der Waals surface area contributed by atoms with Crippen LogP contribution >= 0.6 is 0 Å². The Hall–Kier alpha value is -3.12. The fourth-order valence-electron chi connectivity index (χ4n) is 3.22. The molecule has 0 saturated heterocycles. The van der Waals surface area contributed by atoms with Crippen molar-refractivity contribution >= 4 is 16.8 Å². The fraction of sp³-hybridized carbons (Fsp3) is 0.304. The number of aromatic nitrogens is 1. The Kier molecular flexibility index (Phi) is 6.67. The number of hydrogen-bond donors (Lipinski definition) is 1. The smallest absolute Gasteiger partial charge is 0.254 e. The molecule has 29 heavy (non-hydrogen) atoms. The van der Waals surface area contributed by atoms with Gasteiger partial charge < -0.3 is 19.4 Å². The Morgan fingerprint density at radius 2 is 1.97 bits per heavy atom. The molecule has 0 fully saturated rings. The number of aromatic amines is 1. The summed E-state index contributed by atoms with van der Waals surface area (Å²) in [6.45, 7) is 5.41. The van der Waals surface area contributed by atoms with Crippen LogP contribution in [0.4, 0.5) is 0 Å². The summed E-state index contributed by atoms with van der Waals surface area (Å²) in [4.78, 5) is 30.2. The molecule has 0 spiro atoms. The highest BCUT2D eigenvalue weighted by atomic mass is 16.5. The topological polar surface area (TPSA) is 71.6 Å². The molecule has 0 unspecified atom stereocenters. The van der Waals surface area contributed by atoms with Gasteiger partial charge in [0.05, 0.1) is 19.8 Å². The number of benzene rings is 2. The number of amides is 1. The van der Waals surface area contributed by atoms with Crippen molar-refractivity contribution in [3.8, 4) is 5.75 Å². The van der Waals surface area contributed by atoms with Crippen LogP contribution < -0.4 is 10.3 Å². The van der Waals surface area contributed by atoms with Crippen LogP contribution in [0.5, 0.6) is 5.75 Å². The monoisotopic (exact) mass is 394 g/mol. The van der Waals surface area contributed by atoms with Crippen molar-refractivity contribution in [1.29, 1.82) is 0 Å². The molecule has 6 nitrogen and oxygen atoms in total. The van der Waals surface area contributed by atoms with Crippen molar-refractivity contribution < 1.29 is 14.3 Å².